The number of hydrogen-bond donors (Lipinski definition) is 0. The van der Waals surface area contributed by atoms with Crippen LogP contribution in [-0.4, -0.2) is 71.7 Å². The van der Waals surface area contributed by atoms with Gasteiger partial charge in [0.05, 0.1) is 35.7 Å². The Hall–Kier alpha value is -3.90. The van der Waals surface area contributed by atoms with Crippen molar-refractivity contribution in [2.45, 2.75) is 6.61 Å². The summed E-state index contributed by atoms with van der Waals surface area (Å²) in [5, 5.41) is 10.7. The number of nitrogens with zero attached hydrogens (tertiary/aromatic N) is 3. The Morgan fingerprint density at radius 3 is 2.64 bits per heavy atom. The van der Waals surface area contributed by atoms with Gasteiger partial charge in [0.15, 0.2) is 11.5 Å². The first-order valence-electron chi connectivity index (χ1n) is 11.0. The van der Waals surface area contributed by atoms with E-state index in [1.807, 2.05) is 0 Å². The Balaban J connectivity index is 1.45. The zero-order valence-electron chi connectivity index (χ0n) is 19.4. The van der Waals surface area contributed by atoms with Gasteiger partial charge in [-0.05, 0) is 41.6 Å². The molecule has 0 aliphatic carbocycles. The van der Waals surface area contributed by atoms with E-state index in [1.165, 1.54) is 13.2 Å². The molecule has 0 aromatic heterocycles. The van der Waals surface area contributed by atoms with E-state index in [4.69, 9.17) is 14.2 Å². The Bertz CT molecular complexity index is 1230. The van der Waals surface area contributed by atoms with Crippen molar-refractivity contribution in [1.29, 1.82) is 0 Å². The van der Waals surface area contributed by atoms with E-state index in [0.29, 0.717) is 48.9 Å². The minimum Gasteiger partial charge on any atom is -0.493 e. The number of benzene rings is 2. The molecular formula is C24H23N3O8S. The number of para-hydroxylation sites is 1. The van der Waals surface area contributed by atoms with Crippen LogP contribution in [0.4, 0.5) is 10.5 Å². The molecule has 188 valence electrons. The fraction of sp³-hybridized carbons (Fsp3) is 0.292. The van der Waals surface area contributed by atoms with E-state index in [2.05, 4.69) is 0 Å². The number of rotatable bonds is 8. The maximum absolute atomic E-state index is 12.8. The van der Waals surface area contributed by atoms with Gasteiger partial charge in [-0.25, -0.2) is 0 Å². The normalized spacial score (nSPS) is 17.0. The molecule has 2 fully saturated rings. The summed E-state index contributed by atoms with van der Waals surface area (Å²) in [4.78, 5) is 51.2. The van der Waals surface area contributed by atoms with Crippen LogP contribution < -0.4 is 9.47 Å². The molecule has 2 heterocycles. The summed E-state index contributed by atoms with van der Waals surface area (Å²) < 4.78 is 16.4. The highest BCUT2D eigenvalue weighted by Gasteiger charge is 2.37. The van der Waals surface area contributed by atoms with Crippen molar-refractivity contribution in [2.24, 2.45) is 0 Å². The van der Waals surface area contributed by atoms with Gasteiger partial charge < -0.3 is 19.1 Å². The van der Waals surface area contributed by atoms with Gasteiger partial charge in [-0.3, -0.25) is 29.4 Å². The third-order valence-electron chi connectivity index (χ3n) is 5.59. The van der Waals surface area contributed by atoms with Gasteiger partial charge in [-0.2, -0.15) is 0 Å². The number of hydrogen-bond acceptors (Lipinski definition) is 9. The molecule has 0 spiro atoms. The first-order valence-corrected chi connectivity index (χ1v) is 11.8. The number of carbonyl (C=O) groups is 3. The molecule has 2 aromatic carbocycles. The van der Waals surface area contributed by atoms with Crippen molar-refractivity contribution in [3.63, 3.8) is 0 Å². The molecule has 2 aliphatic rings. The zero-order chi connectivity index (χ0) is 25.7. The molecule has 36 heavy (non-hydrogen) atoms. The number of morpholine rings is 1. The minimum atomic E-state index is -0.540. The van der Waals surface area contributed by atoms with Crippen molar-refractivity contribution >= 4 is 40.6 Å². The van der Waals surface area contributed by atoms with Gasteiger partial charge in [0.2, 0.25) is 5.91 Å². The quantitative estimate of drug-likeness (QED) is 0.297. The largest absolute Gasteiger partial charge is 0.493 e. The average molecular weight is 514 g/mol. The molecule has 0 unspecified atom stereocenters. The predicted molar refractivity (Wildman–Crippen MR) is 130 cm³/mol. The molecule has 2 aromatic rings. The van der Waals surface area contributed by atoms with E-state index < -0.39 is 16.1 Å². The highest BCUT2D eigenvalue weighted by atomic mass is 32.2. The fourth-order valence-electron chi connectivity index (χ4n) is 3.70. The highest BCUT2D eigenvalue weighted by Crippen LogP contribution is 2.35. The highest BCUT2D eigenvalue weighted by molar-refractivity contribution is 8.18. The number of imide groups is 1. The number of ether oxygens (including phenoxy) is 3. The molecule has 0 saturated carbocycles. The Labute approximate surface area is 210 Å². The molecule has 0 N–H and O–H groups in total. The number of methoxy groups -OCH3 is 1. The second-order valence-corrected chi connectivity index (χ2v) is 8.84. The Morgan fingerprint density at radius 2 is 1.92 bits per heavy atom. The molecule has 12 heteroatoms. The van der Waals surface area contributed by atoms with Crippen LogP contribution >= 0.6 is 11.8 Å². The first-order chi connectivity index (χ1) is 17.4. The maximum Gasteiger partial charge on any atom is 0.294 e. The van der Waals surface area contributed by atoms with Crippen LogP contribution in [0.3, 0.4) is 0 Å². The van der Waals surface area contributed by atoms with Crippen LogP contribution in [0, 0.1) is 10.1 Å². The topological polar surface area (TPSA) is 129 Å². The summed E-state index contributed by atoms with van der Waals surface area (Å²) in [5.74, 6) is -0.132. The van der Waals surface area contributed by atoms with Crippen LogP contribution in [0.25, 0.3) is 6.08 Å². The van der Waals surface area contributed by atoms with Crippen LogP contribution in [0.15, 0.2) is 47.4 Å². The number of carbonyl (C=O) groups excluding carboxylic acids is 3. The maximum atomic E-state index is 12.8. The summed E-state index contributed by atoms with van der Waals surface area (Å²) in [6.07, 6.45) is 1.54. The number of amides is 3. The summed E-state index contributed by atoms with van der Waals surface area (Å²) in [7, 11) is 1.45. The molecule has 4 rings (SSSR count). The van der Waals surface area contributed by atoms with Crippen molar-refractivity contribution in [3.8, 4) is 11.5 Å². The van der Waals surface area contributed by atoms with Gasteiger partial charge in [0, 0.05) is 19.2 Å². The van der Waals surface area contributed by atoms with Crippen molar-refractivity contribution in [3.05, 3.63) is 68.6 Å². The minimum absolute atomic E-state index is 0.0388. The second kappa shape index (κ2) is 11.2. The van der Waals surface area contributed by atoms with E-state index in [9.17, 15) is 24.5 Å². The average Bonchev–Trinajstić information content (AvgIpc) is 3.15. The molecule has 2 saturated heterocycles. The number of nitro benzene ring substituents is 1. The van der Waals surface area contributed by atoms with Gasteiger partial charge >= 0.3 is 0 Å². The van der Waals surface area contributed by atoms with Crippen LogP contribution in [0.5, 0.6) is 11.5 Å². The van der Waals surface area contributed by atoms with E-state index in [-0.39, 0.29) is 29.7 Å². The van der Waals surface area contributed by atoms with E-state index in [1.54, 1.807) is 47.4 Å². The van der Waals surface area contributed by atoms with Crippen molar-refractivity contribution < 1.29 is 33.5 Å². The monoisotopic (exact) mass is 513 g/mol. The van der Waals surface area contributed by atoms with Gasteiger partial charge in [0.25, 0.3) is 16.8 Å². The fourth-order valence-corrected chi connectivity index (χ4v) is 4.53. The van der Waals surface area contributed by atoms with E-state index in [0.717, 1.165) is 16.7 Å². The first kappa shape index (κ1) is 25.2. The Kier molecular flexibility index (Phi) is 7.86. The van der Waals surface area contributed by atoms with Gasteiger partial charge in [-0.15, -0.1) is 0 Å². The third kappa shape index (κ3) is 5.66. The lowest BCUT2D eigenvalue weighted by Crippen LogP contribution is -2.46. The third-order valence-corrected chi connectivity index (χ3v) is 6.50. The number of thioether (sulfide) groups is 1. The lowest BCUT2D eigenvalue weighted by Gasteiger charge is -2.28. The summed E-state index contributed by atoms with van der Waals surface area (Å²) >= 11 is 0.762. The van der Waals surface area contributed by atoms with Gasteiger partial charge in [-0.1, -0.05) is 18.2 Å². The van der Waals surface area contributed by atoms with Crippen LogP contribution in [-0.2, 0) is 20.9 Å². The van der Waals surface area contributed by atoms with Crippen LogP contribution in [0.2, 0.25) is 0 Å². The standard InChI is InChI=1S/C24H23N3O8S/c1-33-20-12-16(6-7-19(20)35-15-17-4-2-3-5-18(17)27(31)32)13-21-23(29)26(24(30)36-21)14-22(28)25-8-10-34-11-9-25/h2-7,12-13H,8-11,14-15H2,1H3/b21-13-. The summed E-state index contributed by atoms with van der Waals surface area (Å²) in [6, 6.07) is 11.2. The smallest absolute Gasteiger partial charge is 0.294 e. The van der Waals surface area contributed by atoms with Gasteiger partial charge in [0.1, 0.15) is 13.2 Å². The second-order valence-electron chi connectivity index (χ2n) is 7.85. The molecule has 11 nitrogen and oxygen atoms in total. The molecular weight excluding hydrogens is 490 g/mol. The molecule has 3 amide bonds. The molecule has 0 bridgehead atoms. The number of nitro groups is 1. The molecule has 2 aliphatic heterocycles. The predicted octanol–water partition coefficient (Wildman–Crippen LogP) is 3.08. The van der Waals surface area contributed by atoms with Crippen molar-refractivity contribution in [2.75, 3.05) is 40.0 Å². The summed E-state index contributed by atoms with van der Waals surface area (Å²) in [5.41, 5.74) is 0.944. The lowest BCUT2D eigenvalue weighted by molar-refractivity contribution is -0.385. The summed E-state index contributed by atoms with van der Waals surface area (Å²) in [6.45, 7) is 1.36. The lowest BCUT2D eigenvalue weighted by atomic mass is 10.1. The van der Waals surface area contributed by atoms with E-state index >= 15 is 0 Å². The van der Waals surface area contributed by atoms with Crippen molar-refractivity contribution in [1.82, 2.24) is 9.80 Å². The van der Waals surface area contributed by atoms with Crippen LogP contribution in [0.1, 0.15) is 11.1 Å². The SMILES string of the molecule is COc1cc(/C=C2\SC(=O)N(CC(=O)N3CCOCC3)C2=O)ccc1OCc1ccccc1[N+](=O)[O-]. The molecule has 0 radical (unpaired) electrons. The molecule has 0 atom stereocenters. The zero-order valence-corrected chi connectivity index (χ0v) is 20.2. The Morgan fingerprint density at radius 1 is 1.17 bits per heavy atom.